The molecule has 3 nitrogen and oxygen atoms in total. The molecular formula is C13H18N2O. The van der Waals surface area contributed by atoms with Crippen molar-refractivity contribution < 1.29 is 4.79 Å². The van der Waals surface area contributed by atoms with Crippen LogP contribution in [0, 0.1) is 0 Å². The lowest BCUT2D eigenvalue weighted by Gasteiger charge is -2.32. The summed E-state index contributed by atoms with van der Waals surface area (Å²) in [5.41, 5.74) is 2.78. The van der Waals surface area contributed by atoms with Gasteiger partial charge in [-0.25, -0.2) is 0 Å². The molecular weight excluding hydrogens is 200 g/mol. The average molecular weight is 218 g/mol. The molecule has 0 saturated heterocycles. The molecule has 0 fully saturated rings. The summed E-state index contributed by atoms with van der Waals surface area (Å²) >= 11 is 0. The van der Waals surface area contributed by atoms with Gasteiger partial charge < -0.3 is 5.32 Å². The Labute approximate surface area is 96.5 Å². The number of fused-ring (bicyclic) bond motifs is 1. The molecule has 0 saturated carbocycles. The van der Waals surface area contributed by atoms with E-state index in [1.807, 2.05) is 0 Å². The molecule has 0 aromatic heterocycles. The molecule has 0 spiro atoms. The molecule has 1 aromatic carbocycles. The maximum atomic E-state index is 11.3. The zero-order chi connectivity index (χ0) is 11.5. The van der Waals surface area contributed by atoms with Crippen LogP contribution in [0.2, 0.25) is 0 Å². The van der Waals surface area contributed by atoms with Crippen molar-refractivity contribution in [2.75, 3.05) is 20.1 Å². The highest BCUT2D eigenvalue weighted by molar-refractivity contribution is 5.77. The number of hydrogen-bond donors (Lipinski definition) is 1. The van der Waals surface area contributed by atoms with Gasteiger partial charge in [0, 0.05) is 20.1 Å². The summed E-state index contributed by atoms with van der Waals surface area (Å²) in [6.07, 6.45) is 0. The van der Waals surface area contributed by atoms with Crippen LogP contribution in [0.4, 0.5) is 0 Å². The monoisotopic (exact) mass is 218 g/mol. The lowest BCUT2D eigenvalue weighted by atomic mass is 9.91. The molecule has 1 N–H and O–H groups in total. The van der Waals surface area contributed by atoms with Gasteiger partial charge >= 0.3 is 0 Å². The normalized spacial score (nSPS) is 20.2. The van der Waals surface area contributed by atoms with E-state index in [1.165, 1.54) is 11.1 Å². The fraction of sp³-hybridized carbons (Fsp3) is 0.462. The van der Waals surface area contributed by atoms with Crippen molar-refractivity contribution in [3.63, 3.8) is 0 Å². The number of hydrogen-bond acceptors (Lipinski definition) is 2. The van der Waals surface area contributed by atoms with Crippen molar-refractivity contribution in [2.45, 2.75) is 19.4 Å². The van der Waals surface area contributed by atoms with Crippen molar-refractivity contribution in [1.29, 1.82) is 0 Å². The lowest BCUT2D eigenvalue weighted by Crippen LogP contribution is -2.39. The average Bonchev–Trinajstić information content (AvgIpc) is 2.29. The number of nitrogens with one attached hydrogen (secondary N) is 1. The summed E-state index contributed by atoms with van der Waals surface area (Å²) in [5, 5.41) is 2.67. The van der Waals surface area contributed by atoms with Gasteiger partial charge in [-0.05, 0) is 17.0 Å². The summed E-state index contributed by atoms with van der Waals surface area (Å²) in [6, 6.07) is 8.50. The van der Waals surface area contributed by atoms with Gasteiger partial charge in [-0.3, -0.25) is 9.69 Å². The molecule has 1 aromatic rings. The lowest BCUT2D eigenvalue weighted by molar-refractivity contribution is -0.122. The van der Waals surface area contributed by atoms with E-state index in [9.17, 15) is 4.79 Å². The maximum absolute atomic E-state index is 11.3. The summed E-state index contributed by atoms with van der Waals surface area (Å²) in [5.74, 6) is 0.598. The Balaban J connectivity index is 2.12. The molecule has 3 heteroatoms. The second-order valence-corrected chi connectivity index (χ2v) is 4.44. The van der Waals surface area contributed by atoms with Crippen molar-refractivity contribution >= 4 is 5.91 Å². The molecule has 0 radical (unpaired) electrons. The number of likely N-dealkylation sites (N-methyl/N-ethyl adjacent to an activating group) is 1. The highest BCUT2D eigenvalue weighted by Crippen LogP contribution is 2.27. The number of amides is 1. The first-order valence-electron chi connectivity index (χ1n) is 5.71. The maximum Gasteiger partial charge on any atom is 0.233 e. The topological polar surface area (TPSA) is 32.3 Å². The number of benzene rings is 1. The Morgan fingerprint density at radius 3 is 3.00 bits per heavy atom. The van der Waals surface area contributed by atoms with E-state index < -0.39 is 0 Å². The highest BCUT2D eigenvalue weighted by Gasteiger charge is 2.22. The number of carbonyl (C=O) groups excluding carboxylic acids is 1. The molecule has 0 aliphatic carbocycles. The van der Waals surface area contributed by atoms with Gasteiger partial charge in [0.2, 0.25) is 5.91 Å². The first-order valence-corrected chi connectivity index (χ1v) is 5.71. The van der Waals surface area contributed by atoms with Crippen LogP contribution in [0.15, 0.2) is 24.3 Å². The van der Waals surface area contributed by atoms with E-state index >= 15 is 0 Å². The highest BCUT2D eigenvalue weighted by atomic mass is 16.1. The quantitative estimate of drug-likeness (QED) is 0.812. The van der Waals surface area contributed by atoms with Crippen LogP contribution in [0.25, 0.3) is 0 Å². The fourth-order valence-corrected chi connectivity index (χ4v) is 2.35. The van der Waals surface area contributed by atoms with Crippen LogP contribution in [0.1, 0.15) is 24.0 Å². The zero-order valence-corrected chi connectivity index (χ0v) is 9.86. The molecule has 86 valence electrons. The van der Waals surface area contributed by atoms with Crippen LogP contribution in [-0.2, 0) is 11.3 Å². The molecule has 1 aliphatic heterocycles. The Morgan fingerprint density at radius 1 is 1.50 bits per heavy atom. The van der Waals surface area contributed by atoms with Gasteiger partial charge in [0.15, 0.2) is 0 Å². The minimum Gasteiger partial charge on any atom is -0.358 e. The minimum atomic E-state index is 0.0894. The van der Waals surface area contributed by atoms with E-state index in [2.05, 4.69) is 41.4 Å². The standard InChI is InChI=1S/C13H18N2O/c1-10-7-15(9-13(16)14-2)8-11-5-3-4-6-12(10)11/h3-6,10H,7-9H2,1-2H3,(H,14,16). The predicted octanol–water partition coefficient (Wildman–Crippen LogP) is 1.35. The molecule has 1 atom stereocenters. The fourth-order valence-electron chi connectivity index (χ4n) is 2.35. The second kappa shape index (κ2) is 4.66. The van der Waals surface area contributed by atoms with Crippen molar-refractivity contribution in [3.05, 3.63) is 35.4 Å². The number of rotatable bonds is 2. The van der Waals surface area contributed by atoms with Crippen molar-refractivity contribution in [2.24, 2.45) is 0 Å². The number of carbonyl (C=O) groups is 1. The Hall–Kier alpha value is -1.35. The van der Waals surface area contributed by atoms with Gasteiger partial charge in [0.1, 0.15) is 0 Å². The molecule has 1 amide bonds. The van der Waals surface area contributed by atoms with E-state index in [4.69, 9.17) is 0 Å². The van der Waals surface area contributed by atoms with Crippen LogP contribution in [0.3, 0.4) is 0 Å². The first-order chi connectivity index (χ1) is 7.70. The summed E-state index contributed by atoms with van der Waals surface area (Å²) in [4.78, 5) is 13.5. The molecule has 2 rings (SSSR count). The molecule has 1 heterocycles. The summed E-state index contributed by atoms with van der Waals surface area (Å²) in [7, 11) is 1.68. The van der Waals surface area contributed by atoms with Crippen LogP contribution in [0.5, 0.6) is 0 Å². The Kier molecular flexibility index (Phi) is 3.25. The molecule has 1 aliphatic rings. The Bertz CT molecular complexity index is 389. The minimum absolute atomic E-state index is 0.0894. The van der Waals surface area contributed by atoms with E-state index in [-0.39, 0.29) is 5.91 Å². The third kappa shape index (κ3) is 2.25. The first kappa shape index (κ1) is 11.1. The van der Waals surface area contributed by atoms with Crippen molar-refractivity contribution in [3.8, 4) is 0 Å². The zero-order valence-electron chi connectivity index (χ0n) is 9.86. The summed E-state index contributed by atoms with van der Waals surface area (Å²) < 4.78 is 0. The molecule has 16 heavy (non-hydrogen) atoms. The van der Waals surface area contributed by atoms with E-state index in [0.717, 1.165) is 13.1 Å². The second-order valence-electron chi connectivity index (χ2n) is 4.44. The van der Waals surface area contributed by atoms with Crippen LogP contribution < -0.4 is 5.32 Å². The van der Waals surface area contributed by atoms with Gasteiger partial charge in [-0.1, -0.05) is 31.2 Å². The van der Waals surface area contributed by atoms with E-state index in [1.54, 1.807) is 7.05 Å². The SMILES string of the molecule is CNC(=O)CN1Cc2ccccc2C(C)C1. The van der Waals surface area contributed by atoms with Crippen molar-refractivity contribution in [1.82, 2.24) is 10.2 Å². The molecule has 1 unspecified atom stereocenters. The molecule has 0 bridgehead atoms. The van der Waals surface area contributed by atoms with E-state index in [0.29, 0.717) is 12.5 Å². The van der Waals surface area contributed by atoms with Gasteiger partial charge in [0.05, 0.1) is 6.54 Å². The third-order valence-corrected chi connectivity index (χ3v) is 3.16. The Morgan fingerprint density at radius 2 is 2.25 bits per heavy atom. The number of nitrogens with zero attached hydrogens (tertiary/aromatic N) is 1. The third-order valence-electron chi connectivity index (χ3n) is 3.16. The van der Waals surface area contributed by atoms with Gasteiger partial charge in [0.25, 0.3) is 0 Å². The van der Waals surface area contributed by atoms with Crippen LogP contribution in [-0.4, -0.2) is 30.9 Å². The summed E-state index contributed by atoms with van der Waals surface area (Å²) in [6.45, 7) is 4.56. The smallest absolute Gasteiger partial charge is 0.233 e. The van der Waals surface area contributed by atoms with Crippen LogP contribution >= 0.6 is 0 Å². The largest absolute Gasteiger partial charge is 0.358 e. The van der Waals surface area contributed by atoms with Gasteiger partial charge in [-0.2, -0.15) is 0 Å². The van der Waals surface area contributed by atoms with Gasteiger partial charge in [-0.15, -0.1) is 0 Å². The predicted molar refractivity (Wildman–Crippen MR) is 64.2 cm³/mol.